The fraction of sp³-hybridized carbons (Fsp3) is 0.250. The Morgan fingerprint density at radius 1 is 1.19 bits per heavy atom. The van der Waals surface area contributed by atoms with Gasteiger partial charge in [0.2, 0.25) is 10.0 Å². The number of aryl methyl sites for hydroxylation is 2. The highest BCUT2D eigenvalue weighted by Gasteiger charge is 2.15. The van der Waals surface area contributed by atoms with Crippen molar-refractivity contribution >= 4 is 15.9 Å². The van der Waals surface area contributed by atoms with Crippen LogP contribution in [-0.2, 0) is 10.0 Å². The third-order valence-corrected chi connectivity index (χ3v) is 5.22. The zero-order chi connectivity index (χ0) is 19.9. The van der Waals surface area contributed by atoms with E-state index in [0.717, 1.165) is 16.9 Å². The predicted octanol–water partition coefficient (Wildman–Crippen LogP) is 2.58. The van der Waals surface area contributed by atoms with Crippen LogP contribution in [0, 0.1) is 13.8 Å². The van der Waals surface area contributed by atoms with Gasteiger partial charge in [-0.25, -0.2) is 13.1 Å². The number of rotatable bonds is 9. The molecule has 0 radical (unpaired) electrons. The van der Waals surface area contributed by atoms with Gasteiger partial charge in [-0.1, -0.05) is 29.8 Å². The van der Waals surface area contributed by atoms with E-state index in [-0.39, 0.29) is 22.9 Å². The maximum absolute atomic E-state index is 12.3. The second-order valence-corrected chi connectivity index (χ2v) is 7.81. The topological polar surface area (TPSA) is 84.5 Å². The molecule has 1 amide bonds. The summed E-state index contributed by atoms with van der Waals surface area (Å²) in [7, 11) is -3.67. The SMILES string of the molecule is C=CCNS(=O)(=O)c1cccc(C(=O)NCCOc2ccc(C)cc2C)c1. The standard InChI is InChI=1S/C20H24N2O4S/c1-4-10-22-27(24,25)18-7-5-6-17(14-18)20(23)21-11-12-26-19-9-8-15(2)13-16(19)3/h4-9,13-14,22H,1,10-12H2,2-3H3,(H,21,23). The maximum atomic E-state index is 12.3. The van der Waals surface area contributed by atoms with Gasteiger partial charge in [-0.2, -0.15) is 0 Å². The largest absolute Gasteiger partial charge is 0.491 e. The molecule has 0 saturated heterocycles. The average Bonchev–Trinajstić information content (AvgIpc) is 2.65. The van der Waals surface area contributed by atoms with Crippen molar-refractivity contribution in [2.24, 2.45) is 0 Å². The first-order valence-electron chi connectivity index (χ1n) is 8.52. The van der Waals surface area contributed by atoms with Crippen molar-refractivity contribution in [3.05, 3.63) is 71.8 Å². The average molecular weight is 388 g/mol. The van der Waals surface area contributed by atoms with E-state index in [1.165, 1.54) is 24.3 Å². The molecule has 2 N–H and O–H groups in total. The predicted molar refractivity (Wildman–Crippen MR) is 106 cm³/mol. The minimum Gasteiger partial charge on any atom is -0.491 e. The summed E-state index contributed by atoms with van der Waals surface area (Å²) < 4.78 is 32.3. The molecule has 0 spiro atoms. The molecule has 0 unspecified atom stereocenters. The number of sulfonamides is 1. The number of carbonyl (C=O) groups is 1. The summed E-state index contributed by atoms with van der Waals surface area (Å²) in [5.41, 5.74) is 2.46. The first-order chi connectivity index (χ1) is 12.8. The van der Waals surface area contributed by atoms with Crippen molar-refractivity contribution in [3.8, 4) is 5.75 Å². The van der Waals surface area contributed by atoms with E-state index in [1.807, 2.05) is 32.0 Å². The molecule has 6 nitrogen and oxygen atoms in total. The minimum atomic E-state index is -3.67. The lowest BCUT2D eigenvalue weighted by molar-refractivity contribution is 0.0946. The van der Waals surface area contributed by atoms with E-state index in [9.17, 15) is 13.2 Å². The molecule has 0 saturated carbocycles. The van der Waals surface area contributed by atoms with Gasteiger partial charge in [0.25, 0.3) is 5.91 Å². The van der Waals surface area contributed by atoms with Crippen LogP contribution in [0.5, 0.6) is 5.75 Å². The molecule has 0 atom stereocenters. The number of nitrogens with one attached hydrogen (secondary N) is 2. The second-order valence-electron chi connectivity index (χ2n) is 6.04. The molecule has 0 aliphatic carbocycles. The summed E-state index contributed by atoms with van der Waals surface area (Å²) in [6.07, 6.45) is 1.45. The number of benzene rings is 2. The highest BCUT2D eigenvalue weighted by atomic mass is 32.2. The number of amides is 1. The van der Waals surface area contributed by atoms with Crippen molar-refractivity contribution < 1.29 is 17.9 Å². The second kappa shape index (κ2) is 9.34. The van der Waals surface area contributed by atoms with Gasteiger partial charge in [0.1, 0.15) is 12.4 Å². The van der Waals surface area contributed by atoms with Crippen LogP contribution in [0.25, 0.3) is 0 Å². The highest BCUT2D eigenvalue weighted by molar-refractivity contribution is 7.89. The van der Waals surface area contributed by atoms with E-state index in [4.69, 9.17) is 4.74 Å². The van der Waals surface area contributed by atoms with Gasteiger partial charge in [0.05, 0.1) is 11.4 Å². The summed E-state index contributed by atoms with van der Waals surface area (Å²) in [5.74, 6) is 0.413. The van der Waals surface area contributed by atoms with Crippen LogP contribution in [0.2, 0.25) is 0 Å². The normalized spacial score (nSPS) is 11.0. The fourth-order valence-electron chi connectivity index (χ4n) is 2.45. The van der Waals surface area contributed by atoms with Crippen LogP contribution in [0.3, 0.4) is 0 Å². The molecule has 2 aromatic rings. The highest BCUT2D eigenvalue weighted by Crippen LogP contribution is 2.18. The van der Waals surface area contributed by atoms with E-state index >= 15 is 0 Å². The van der Waals surface area contributed by atoms with Gasteiger partial charge >= 0.3 is 0 Å². The first-order valence-corrected chi connectivity index (χ1v) is 10.0. The Balaban J connectivity index is 1.92. The molecule has 0 bridgehead atoms. The zero-order valence-electron chi connectivity index (χ0n) is 15.5. The summed E-state index contributed by atoms with van der Waals surface area (Å²) in [6.45, 7) is 8.19. The zero-order valence-corrected chi connectivity index (χ0v) is 16.3. The molecule has 144 valence electrons. The lowest BCUT2D eigenvalue weighted by atomic mass is 10.1. The monoisotopic (exact) mass is 388 g/mol. The Kier molecular flexibility index (Phi) is 7.15. The molecule has 0 aliphatic heterocycles. The lowest BCUT2D eigenvalue weighted by Gasteiger charge is -2.11. The fourth-order valence-corrected chi connectivity index (χ4v) is 3.49. The molecule has 2 aromatic carbocycles. The molecule has 0 fully saturated rings. The van der Waals surface area contributed by atoms with Crippen LogP contribution >= 0.6 is 0 Å². The number of hydrogen-bond donors (Lipinski definition) is 2. The molecular weight excluding hydrogens is 364 g/mol. The van der Waals surface area contributed by atoms with Crippen molar-refractivity contribution in [2.45, 2.75) is 18.7 Å². The third-order valence-electron chi connectivity index (χ3n) is 3.80. The summed E-state index contributed by atoms with van der Waals surface area (Å²) >= 11 is 0. The summed E-state index contributed by atoms with van der Waals surface area (Å²) in [4.78, 5) is 12.3. The van der Waals surface area contributed by atoms with Crippen LogP contribution in [0.15, 0.2) is 60.0 Å². The van der Waals surface area contributed by atoms with Gasteiger partial charge in [-0.3, -0.25) is 4.79 Å². The molecular formula is C20H24N2O4S. The Morgan fingerprint density at radius 2 is 1.96 bits per heavy atom. The first kappa shape index (κ1) is 20.7. The Hall–Kier alpha value is -2.64. The molecule has 0 aromatic heterocycles. The third kappa shape index (κ3) is 5.94. The van der Waals surface area contributed by atoms with Gasteiger partial charge in [-0.15, -0.1) is 6.58 Å². The molecule has 0 aliphatic rings. The summed E-state index contributed by atoms with van der Waals surface area (Å²) in [5, 5.41) is 2.73. The molecule has 0 heterocycles. The molecule has 2 rings (SSSR count). The van der Waals surface area contributed by atoms with Crippen LogP contribution in [0.4, 0.5) is 0 Å². The van der Waals surface area contributed by atoms with Gasteiger partial charge in [-0.05, 0) is 43.7 Å². The van der Waals surface area contributed by atoms with Crippen LogP contribution in [-0.4, -0.2) is 34.0 Å². The molecule has 27 heavy (non-hydrogen) atoms. The number of carbonyl (C=O) groups excluding carboxylic acids is 1. The lowest BCUT2D eigenvalue weighted by Crippen LogP contribution is -2.29. The van der Waals surface area contributed by atoms with Gasteiger partial charge in [0, 0.05) is 12.1 Å². The van der Waals surface area contributed by atoms with Crippen molar-refractivity contribution in [1.82, 2.24) is 10.0 Å². The van der Waals surface area contributed by atoms with E-state index in [2.05, 4.69) is 16.6 Å². The minimum absolute atomic E-state index is 0.0310. The quantitative estimate of drug-likeness (QED) is 0.511. The van der Waals surface area contributed by atoms with Gasteiger partial charge in [0.15, 0.2) is 0 Å². The number of hydrogen-bond acceptors (Lipinski definition) is 4. The van der Waals surface area contributed by atoms with Crippen molar-refractivity contribution in [3.63, 3.8) is 0 Å². The summed E-state index contributed by atoms with van der Waals surface area (Å²) in [6, 6.07) is 11.8. The van der Waals surface area contributed by atoms with E-state index in [1.54, 1.807) is 6.07 Å². The van der Waals surface area contributed by atoms with Crippen molar-refractivity contribution in [1.29, 1.82) is 0 Å². The maximum Gasteiger partial charge on any atom is 0.251 e. The van der Waals surface area contributed by atoms with E-state index < -0.39 is 10.0 Å². The Labute approximate surface area is 160 Å². The van der Waals surface area contributed by atoms with E-state index in [0.29, 0.717) is 13.2 Å². The van der Waals surface area contributed by atoms with Crippen LogP contribution in [0.1, 0.15) is 21.5 Å². The van der Waals surface area contributed by atoms with Crippen LogP contribution < -0.4 is 14.8 Å². The molecule has 7 heteroatoms. The Morgan fingerprint density at radius 3 is 2.67 bits per heavy atom. The Bertz CT molecular complexity index is 923. The van der Waals surface area contributed by atoms with Gasteiger partial charge < -0.3 is 10.1 Å². The smallest absolute Gasteiger partial charge is 0.251 e. The number of ether oxygens (including phenoxy) is 1. The van der Waals surface area contributed by atoms with Crippen molar-refractivity contribution in [2.75, 3.05) is 19.7 Å².